The molecule has 0 atom stereocenters. The van der Waals surface area contributed by atoms with E-state index in [4.69, 9.17) is 9.84 Å². The summed E-state index contributed by atoms with van der Waals surface area (Å²) in [7, 11) is 1.68. The second-order valence-electron chi connectivity index (χ2n) is 5.97. The summed E-state index contributed by atoms with van der Waals surface area (Å²) in [4.78, 5) is 15.8. The molecule has 1 heterocycles. The van der Waals surface area contributed by atoms with Gasteiger partial charge in [0.15, 0.2) is 0 Å². The second-order valence-corrected chi connectivity index (χ2v) is 5.97. The third-order valence-electron chi connectivity index (χ3n) is 4.37. The zero-order valence-electron chi connectivity index (χ0n) is 13.8. The van der Waals surface area contributed by atoms with Crippen LogP contribution in [0.1, 0.15) is 15.9 Å². The number of anilines is 1. The monoisotopic (exact) mass is 326 g/mol. The summed E-state index contributed by atoms with van der Waals surface area (Å²) in [5.74, 6) is 0.000101. The Balaban J connectivity index is 1.59. The number of nitrogens with zero attached hydrogens (tertiary/aromatic N) is 2. The summed E-state index contributed by atoms with van der Waals surface area (Å²) in [5.41, 5.74) is 2.58. The molecule has 1 aliphatic heterocycles. The Morgan fingerprint density at radius 2 is 1.83 bits per heavy atom. The van der Waals surface area contributed by atoms with Crippen molar-refractivity contribution < 1.29 is 14.6 Å². The summed E-state index contributed by atoms with van der Waals surface area (Å²) in [6.45, 7) is 4.59. The molecule has 0 aromatic heterocycles. The molecule has 126 valence electrons. The molecule has 1 saturated heterocycles. The van der Waals surface area contributed by atoms with Crippen LogP contribution in [0, 0.1) is 0 Å². The molecular weight excluding hydrogens is 304 g/mol. The minimum atomic E-state index is -0.875. The maximum absolute atomic E-state index is 11.1. The predicted molar refractivity (Wildman–Crippen MR) is 93.9 cm³/mol. The van der Waals surface area contributed by atoms with E-state index >= 15 is 0 Å². The van der Waals surface area contributed by atoms with Crippen molar-refractivity contribution >= 4 is 11.7 Å². The largest absolute Gasteiger partial charge is 0.497 e. The molecule has 1 aliphatic rings. The molecule has 0 aliphatic carbocycles. The third kappa shape index (κ3) is 3.86. The van der Waals surface area contributed by atoms with Gasteiger partial charge in [-0.05, 0) is 29.8 Å². The average molecular weight is 326 g/mol. The second kappa shape index (κ2) is 7.36. The van der Waals surface area contributed by atoms with Crippen molar-refractivity contribution in [2.45, 2.75) is 6.54 Å². The van der Waals surface area contributed by atoms with Gasteiger partial charge >= 0.3 is 5.97 Å². The van der Waals surface area contributed by atoms with Crippen molar-refractivity contribution in [3.05, 3.63) is 59.7 Å². The Bertz CT molecular complexity index is 709. The number of aromatic carboxylic acids is 1. The van der Waals surface area contributed by atoms with E-state index in [2.05, 4.69) is 21.9 Å². The fraction of sp³-hybridized carbons (Fsp3) is 0.316. The van der Waals surface area contributed by atoms with Crippen LogP contribution in [0.3, 0.4) is 0 Å². The van der Waals surface area contributed by atoms with Gasteiger partial charge in [-0.1, -0.05) is 18.2 Å². The van der Waals surface area contributed by atoms with Gasteiger partial charge in [0.2, 0.25) is 0 Å². The fourth-order valence-electron chi connectivity index (χ4n) is 3.03. The van der Waals surface area contributed by atoms with Crippen LogP contribution in [0.25, 0.3) is 0 Å². The molecule has 2 aromatic rings. The Morgan fingerprint density at radius 3 is 2.54 bits per heavy atom. The van der Waals surface area contributed by atoms with Crippen LogP contribution in [-0.2, 0) is 6.54 Å². The minimum absolute atomic E-state index is 0.350. The fourth-order valence-corrected chi connectivity index (χ4v) is 3.03. The first kappa shape index (κ1) is 16.3. The molecular formula is C19H22N2O3. The molecule has 3 rings (SSSR count). The summed E-state index contributed by atoms with van der Waals surface area (Å²) in [6.07, 6.45) is 0. The highest BCUT2D eigenvalue weighted by molar-refractivity contribution is 5.87. The zero-order valence-corrected chi connectivity index (χ0v) is 13.8. The molecule has 0 amide bonds. The van der Waals surface area contributed by atoms with Crippen LogP contribution < -0.4 is 9.64 Å². The number of carboxylic acid groups (broad SMARTS) is 1. The Labute approximate surface area is 142 Å². The number of carbonyl (C=O) groups is 1. The average Bonchev–Trinajstić information content (AvgIpc) is 2.62. The van der Waals surface area contributed by atoms with Crippen molar-refractivity contribution in [1.82, 2.24) is 4.90 Å². The van der Waals surface area contributed by atoms with Crippen molar-refractivity contribution in [2.24, 2.45) is 0 Å². The maximum atomic E-state index is 11.1. The first-order chi connectivity index (χ1) is 11.7. The highest BCUT2D eigenvalue weighted by Gasteiger charge is 2.18. The first-order valence-electron chi connectivity index (χ1n) is 8.09. The van der Waals surface area contributed by atoms with Crippen LogP contribution >= 0.6 is 0 Å². The van der Waals surface area contributed by atoms with Crippen LogP contribution in [0.15, 0.2) is 48.5 Å². The molecule has 0 saturated carbocycles. The quantitative estimate of drug-likeness (QED) is 0.915. The van der Waals surface area contributed by atoms with E-state index in [0.29, 0.717) is 5.56 Å². The van der Waals surface area contributed by atoms with Gasteiger partial charge < -0.3 is 14.7 Å². The number of hydrogen-bond acceptors (Lipinski definition) is 4. The lowest BCUT2D eigenvalue weighted by Crippen LogP contribution is -2.45. The molecule has 1 fully saturated rings. The van der Waals surface area contributed by atoms with Gasteiger partial charge in [-0.15, -0.1) is 0 Å². The summed E-state index contributed by atoms with van der Waals surface area (Å²) < 4.78 is 5.29. The van der Waals surface area contributed by atoms with Crippen molar-refractivity contribution in [2.75, 3.05) is 38.2 Å². The van der Waals surface area contributed by atoms with E-state index in [1.807, 2.05) is 24.3 Å². The SMILES string of the molecule is COc1cccc(N2CCN(Cc3cccc(C(=O)O)c3)CC2)c1. The number of piperazine rings is 1. The van der Waals surface area contributed by atoms with E-state index in [1.165, 1.54) is 5.69 Å². The van der Waals surface area contributed by atoms with Gasteiger partial charge in [-0.3, -0.25) is 4.90 Å². The number of methoxy groups -OCH3 is 1. The predicted octanol–water partition coefficient (Wildman–Crippen LogP) is 2.72. The Hall–Kier alpha value is -2.53. The zero-order chi connectivity index (χ0) is 16.9. The van der Waals surface area contributed by atoms with E-state index in [0.717, 1.165) is 44.0 Å². The van der Waals surface area contributed by atoms with Crippen molar-refractivity contribution in [3.8, 4) is 5.75 Å². The number of hydrogen-bond donors (Lipinski definition) is 1. The molecule has 0 radical (unpaired) electrons. The molecule has 5 nitrogen and oxygen atoms in total. The lowest BCUT2D eigenvalue weighted by molar-refractivity contribution is 0.0696. The van der Waals surface area contributed by atoms with Gasteiger partial charge in [0.1, 0.15) is 5.75 Å². The van der Waals surface area contributed by atoms with Crippen molar-refractivity contribution in [1.29, 1.82) is 0 Å². The van der Waals surface area contributed by atoms with Gasteiger partial charge in [0, 0.05) is 44.5 Å². The maximum Gasteiger partial charge on any atom is 0.335 e. The normalized spacial score (nSPS) is 15.3. The van der Waals surface area contributed by atoms with Crippen LogP contribution in [0.2, 0.25) is 0 Å². The molecule has 1 N–H and O–H groups in total. The van der Waals surface area contributed by atoms with E-state index < -0.39 is 5.97 Å². The van der Waals surface area contributed by atoms with Gasteiger partial charge in [0.05, 0.1) is 12.7 Å². The molecule has 0 spiro atoms. The van der Waals surface area contributed by atoms with Gasteiger partial charge in [-0.25, -0.2) is 4.79 Å². The lowest BCUT2D eigenvalue weighted by atomic mass is 10.1. The molecule has 0 unspecified atom stereocenters. The van der Waals surface area contributed by atoms with E-state index in [9.17, 15) is 4.79 Å². The van der Waals surface area contributed by atoms with Crippen LogP contribution in [0.5, 0.6) is 5.75 Å². The molecule has 2 aromatic carbocycles. The third-order valence-corrected chi connectivity index (χ3v) is 4.37. The number of benzene rings is 2. The van der Waals surface area contributed by atoms with E-state index in [1.54, 1.807) is 19.2 Å². The molecule has 5 heteroatoms. The molecule has 24 heavy (non-hydrogen) atoms. The molecule has 0 bridgehead atoms. The summed E-state index contributed by atoms with van der Waals surface area (Å²) in [5, 5.41) is 9.09. The topological polar surface area (TPSA) is 53.0 Å². The highest BCUT2D eigenvalue weighted by Crippen LogP contribution is 2.22. The Morgan fingerprint density at radius 1 is 1.08 bits per heavy atom. The van der Waals surface area contributed by atoms with Gasteiger partial charge in [0.25, 0.3) is 0 Å². The number of carboxylic acids is 1. The van der Waals surface area contributed by atoms with Crippen molar-refractivity contribution in [3.63, 3.8) is 0 Å². The first-order valence-corrected chi connectivity index (χ1v) is 8.09. The smallest absolute Gasteiger partial charge is 0.335 e. The number of ether oxygens (including phenoxy) is 1. The Kier molecular flexibility index (Phi) is 5.01. The van der Waals surface area contributed by atoms with E-state index in [-0.39, 0.29) is 0 Å². The standard InChI is InChI=1S/C19H22N2O3/c1-24-18-7-3-6-17(13-18)21-10-8-20(9-11-21)14-15-4-2-5-16(12-15)19(22)23/h2-7,12-13H,8-11,14H2,1H3,(H,22,23). The highest BCUT2D eigenvalue weighted by atomic mass is 16.5. The minimum Gasteiger partial charge on any atom is -0.497 e. The lowest BCUT2D eigenvalue weighted by Gasteiger charge is -2.36. The van der Waals surface area contributed by atoms with Crippen LogP contribution in [-0.4, -0.2) is 49.3 Å². The summed E-state index contributed by atoms with van der Waals surface area (Å²) >= 11 is 0. The number of rotatable bonds is 5. The van der Waals surface area contributed by atoms with Crippen LogP contribution in [0.4, 0.5) is 5.69 Å². The van der Waals surface area contributed by atoms with Gasteiger partial charge in [-0.2, -0.15) is 0 Å². The summed E-state index contributed by atoms with van der Waals surface area (Å²) in [6, 6.07) is 15.3.